The minimum Gasteiger partial charge on any atom is -0.357 e. The number of nitriles is 1. The zero-order chi connectivity index (χ0) is 26.5. The van der Waals surface area contributed by atoms with Gasteiger partial charge in [0.05, 0.1) is 29.6 Å². The van der Waals surface area contributed by atoms with Gasteiger partial charge in [-0.2, -0.15) is 5.26 Å². The van der Waals surface area contributed by atoms with Gasteiger partial charge in [0.2, 0.25) is 5.91 Å². The highest BCUT2D eigenvalue weighted by Crippen LogP contribution is 2.49. The van der Waals surface area contributed by atoms with Crippen molar-refractivity contribution in [2.75, 3.05) is 16.8 Å². The summed E-state index contributed by atoms with van der Waals surface area (Å²) in [5, 5.41) is 11.6. The van der Waals surface area contributed by atoms with Gasteiger partial charge in [0.25, 0.3) is 0 Å². The van der Waals surface area contributed by atoms with E-state index >= 15 is 0 Å². The highest BCUT2D eigenvalue weighted by Gasteiger charge is 2.41. The van der Waals surface area contributed by atoms with Gasteiger partial charge in [0.15, 0.2) is 0 Å². The SMILES string of the molecule is CCC(C)c1ccc(C#N)cc1.CCCC1C(CC)c2cccc3c2N1CC(=O)N3.CCCCCC. The van der Waals surface area contributed by atoms with Crippen LogP contribution in [0.15, 0.2) is 42.5 Å². The van der Waals surface area contributed by atoms with Crippen LogP contribution in [0.1, 0.15) is 121 Å². The molecule has 2 aliphatic heterocycles. The van der Waals surface area contributed by atoms with Gasteiger partial charge in [-0.1, -0.05) is 97.9 Å². The minimum absolute atomic E-state index is 0.123. The average molecular weight is 490 g/mol. The van der Waals surface area contributed by atoms with Crippen LogP contribution in [0.2, 0.25) is 0 Å². The summed E-state index contributed by atoms with van der Waals surface area (Å²) in [4.78, 5) is 14.1. The molecule has 0 spiro atoms. The Balaban J connectivity index is 0.000000219. The molecular weight excluding hydrogens is 442 g/mol. The summed E-state index contributed by atoms with van der Waals surface area (Å²) in [6, 6.07) is 16.7. The van der Waals surface area contributed by atoms with Gasteiger partial charge in [0, 0.05) is 12.0 Å². The summed E-state index contributed by atoms with van der Waals surface area (Å²) in [5.74, 6) is 1.29. The second-order valence-electron chi connectivity index (χ2n) is 10.0. The molecule has 3 atom stereocenters. The lowest BCUT2D eigenvalue weighted by molar-refractivity contribution is -0.115. The maximum absolute atomic E-state index is 11.8. The van der Waals surface area contributed by atoms with Crippen LogP contribution in [-0.2, 0) is 4.79 Å². The molecule has 1 amide bonds. The van der Waals surface area contributed by atoms with E-state index in [0.717, 1.165) is 24.1 Å². The highest BCUT2D eigenvalue weighted by molar-refractivity contribution is 6.03. The molecule has 2 heterocycles. The van der Waals surface area contributed by atoms with Crippen LogP contribution in [0, 0.1) is 11.3 Å². The predicted octanol–water partition coefficient (Wildman–Crippen LogP) is 8.78. The first-order chi connectivity index (χ1) is 17.4. The standard InChI is InChI=1S/C15H20N2O.C11H13N.C6H14/c1-3-6-13-10(4-2)11-7-5-8-12-15(11)17(13)9-14(18)16-12;1-3-9(2)11-6-4-10(8-12)5-7-11;1-3-5-6-4-2/h5,7-8,10,13H,3-4,6,9H2,1-2H3,(H,16,18);4-7,9H,3H2,1-2H3;3-6H2,1-2H3. The van der Waals surface area contributed by atoms with Gasteiger partial charge in [-0.3, -0.25) is 4.79 Å². The summed E-state index contributed by atoms with van der Waals surface area (Å²) in [6.45, 7) is 13.8. The molecule has 0 saturated heterocycles. The fourth-order valence-corrected chi connectivity index (χ4v) is 5.18. The molecule has 0 aliphatic carbocycles. The number of anilines is 2. The number of carbonyl (C=O) groups excluding carboxylic acids is 1. The Morgan fingerprint density at radius 2 is 1.67 bits per heavy atom. The fraction of sp³-hybridized carbons (Fsp3) is 0.562. The molecule has 0 saturated carbocycles. The zero-order valence-electron chi connectivity index (χ0n) is 23.4. The molecule has 4 nitrogen and oxygen atoms in total. The maximum atomic E-state index is 11.8. The van der Waals surface area contributed by atoms with Crippen LogP contribution in [0.25, 0.3) is 0 Å². The Morgan fingerprint density at radius 3 is 2.19 bits per heavy atom. The highest BCUT2D eigenvalue weighted by atomic mass is 16.2. The number of nitrogens with zero attached hydrogens (tertiary/aromatic N) is 2. The molecule has 4 rings (SSSR count). The maximum Gasteiger partial charge on any atom is 0.243 e. The lowest BCUT2D eigenvalue weighted by atomic mass is 9.90. The van der Waals surface area contributed by atoms with Gasteiger partial charge >= 0.3 is 0 Å². The third-order valence-corrected chi connectivity index (χ3v) is 7.41. The smallest absolute Gasteiger partial charge is 0.243 e. The molecular formula is C32H47N3O. The summed E-state index contributed by atoms with van der Waals surface area (Å²) in [6.07, 6.45) is 10.2. The number of benzene rings is 2. The molecule has 0 fully saturated rings. The Labute approximate surface area is 220 Å². The van der Waals surface area contributed by atoms with E-state index in [2.05, 4.69) is 70.0 Å². The van der Waals surface area contributed by atoms with Gasteiger partial charge < -0.3 is 10.2 Å². The van der Waals surface area contributed by atoms with Crippen molar-refractivity contribution in [3.63, 3.8) is 0 Å². The van der Waals surface area contributed by atoms with Crippen LogP contribution in [0.5, 0.6) is 0 Å². The van der Waals surface area contributed by atoms with Crippen LogP contribution in [0.3, 0.4) is 0 Å². The summed E-state index contributed by atoms with van der Waals surface area (Å²) < 4.78 is 0. The monoisotopic (exact) mass is 489 g/mol. The number of nitrogens with one attached hydrogen (secondary N) is 1. The molecule has 1 N–H and O–H groups in total. The van der Waals surface area contributed by atoms with Crippen molar-refractivity contribution in [2.45, 2.75) is 111 Å². The lowest BCUT2D eigenvalue weighted by Gasteiger charge is -2.33. The Morgan fingerprint density at radius 1 is 1.00 bits per heavy atom. The van der Waals surface area contributed by atoms with Crippen molar-refractivity contribution >= 4 is 17.3 Å². The first-order valence-electron chi connectivity index (χ1n) is 14.1. The Bertz CT molecular complexity index is 972. The van der Waals surface area contributed by atoms with E-state index in [9.17, 15) is 4.79 Å². The van der Waals surface area contributed by atoms with Crippen molar-refractivity contribution in [1.82, 2.24) is 0 Å². The Hall–Kier alpha value is -2.80. The zero-order valence-corrected chi connectivity index (χ0v) is 23.4. The summed E-state index contributed by atoms with van der Waals surface area (Å²) >= 11 is 0. The van der Waals surface area contributed by atoms with Crippen LogP contribution in [0.4, 0.5) is 11.4 Å². The first-order valence-corrected chi connectivity index (χ1v) is 14.1. The van der Waals surface area contributed by atoms with Crippen LogP contribution < -0.4 is 10.2 Å². The molecule has 196 valence electrons. The minimum atomic E-state index is 0.123. The van der Waals surface area contributed by atoms with Crippen LogP contribution >= 0.6 is 0 Å². The number of hydrogen-bond donors (Lipinski definition) is 1. The second-order valence-corrected chi connectivity index (χ2v) is 10.0. The van der Waals surface area contributed by atoms with Crippen molar-refractivity contribution in [1.29, 1.82) is 5.26 Å². The second kappa shape index (κ2) is 15.3. The number of amides is 1. The van der Waals surface area contributed by atoms with E-state index < -0.39 is 0 Å². The number of rotatable bonds is 8. The summed E-state index contributed by atoms with van der Waals surface area (Å²) in [7, 11) is 0. The molecule has 36 heavy (non-hydrogen) atoms. The quantitative estimate of drug-likeness (QED) is 0.377. The van der Waals surface area contributed by atoms with Gasteiger partial charge in [-0.25, -0.2) is 0 Å². The fourth-order valence-electron chi connectivity index (χ4n) is 5.18. The van der Waals surface area contributed by atoms with E-state index in [1.165, 1.54) is 55.3 Å². The summed E-state index contributed by atoms with van der Waals surface area (Å²) in [5.41, 5.74) is 5.76. The molecule has 0 radical (unpaired) electrons. The molecule has 2 aliphatic rings. The lowest BCUT2D eigenvalue weighted by Crippen LogP contribution is -2.42. The largest absolute Gasteiger partial charge is 0.357 e. The van der Waals surface area contributed by atoms with Crippen molar-refractivity contribution < 1.29 is 4.79 Å². The number of hydrogen-bond acceptors (Lipinski definition) is 3. The van der Waals surface area contributed by atoms with E-state index in [1.54, 1.807) is 0 Å². The number of carbonyl (C=O) groups is 1. The molecule has 3 unspecified atom stereocenters. The number of unbranched alkanes of at least 4 members (excludes halogenated alkanes) is 3. The normalized spacial score (nSPS) is 18.0. The van der Waals surface area contributed by atoms with Crippen LogP contribution in [-0.4, -0.2) is 18.5 Å². The molecule has 2 aromatic carbocycles. The third-order valence-electron chi connectivity index (χ3n) is 7.41. The Kier molecular flexibility index (Phi) is 12.5. The molecule has 0 aromatic heterocycles. The van der Waals surface area contributed by atoms with E-state index in [-0.39, 0.29) is 5.91 Å². The van der Waals surface area contributed by atoms with Crippen molar-refractivity contribution in [2.24, 2.45) is 0 Å². The number of para-hydroxylation sites is 1. The van der Waals surface area contributed by atoms with Gasteiger partial charge in [-0.05, 0) is 54.5 Å². The average Bonchev–Trinajstić information content (AvgIpc) is 3.21. The molecule has 2 aromatic rings. The van der Waals surface area contributed by atoms with E-state index in [1.807, 2.05) is 30.3 Å². The molecule has 4 heteroatoms. The molecule has 0 bridgehead atoms. The van der Waals surface area contributed by atoms with Gasteiger partial charge in [0.1, 0.15) is 0 Å². The predicted molar refractivity (Wildman–Crippen MR) is 154 cm³/mol. The topological polar surface area (TPSA) is 56.1 Å². The third kappa shape index (κ3) is 7.60. The van der Waals surface area contributed by atoms with E-state index in [4.69, 9.17) is 5.26 Å². The van der Waals surface area contributed by atoms with Gasteiger partial charge in [-0.15, -0.1) is 0 Å². The first kappa shape index (κ1) is 29.4. The van der Waals surface area contributed by atoms with Crippen molar-refractivity contribution in [3.8, 4) is 6.07 Å². The van der Waals surface area contributed by atoms with E-state index in [0.29, 0.717) is 24.4 Å². The van der Waals surface area contributed by atoms with Crippen molar-refractivity contribution in [3.05, 3.63) is 59.2 Å².